The lowest BCUT2D eigenvalue weighted by atomic mass is 10.0. The second-order valence-electron chi connectivity index (χ2n) is 5.89. The van der Waals surface area contributed by atoms with Crippen molar-refractivity contribution in [3.63, 3.8) is 0 Å². The topological polar surface area (TPSA) is 57.7 Å². The first kappa shape index (κ1) is 17.3. The molecule has 2 fully saturated rings. The van der Waals surface area contributed by atoms with Gasteiger partial charge >= 0.3 is 0 Å². The van der Waals surface area contributed by atoms with E-state index in [0.29, 0.717) is 11.4 Å². The highest BCUT2D eigenvalue weighted by molar-refractivity contribution is 8.01. The zero-order valence-electron chi connectivity index (χ0n) is 13.4. The number of fused-ring (bicyclic) bond motifs is 1. The van der Waals surface area contributed by atoms with Crippen molar-refractivity contribution in [3.8, 4) is 0 Å². The van der Waals surface area contributed by atoms with E-state index in [1.54, 1.807) is 16.7 Å². The molecule has 3 heterocycles. The third-order valence-corrected chi connectivity index (χ3v) is 8.42. The summed E-state index contributed by atoms with van der Waals surface area (Å²) >= 11 is 3.24. The maximum Gasteiger partial charge on any atom is 0.264 e. The van der Waals surface area contributed by atoms with Crippen LogP contribution in [-0.4, -0.2) is 73.1 Å². The van der Waals surface area contributed by atoms with Crippen LogP contribution in [-0.2, 0) is 9.84 Å². The standard InChI is InChI=1S/C15H22N2O3S3/c1-3-16-7-8-17(12-10-23(19,20)9-11(12)16)15(18)13-5-6-14(22-13)21-4-2/h5-6,11-12H,3-4,7-10H2,1-2H3/t11-,12+/m0/s1. The maximum atomic E-state index is 12.9. The van der Waals surface area contributed by atoms with Gasteiger partial charge in [0.25, 0.3) is 5.91 Å². The molecule has 3 rings (SSSR count). The monoisotopic (exact) mass is 374 g/mol. The Kier molecular flexibility index (Phi) is 5.06. The molecule has 0 aromatic carbocycles. The van der Waals surface area contributed by atoms with E-state index >= 15 is 0 Å². The third kappa shape index (κ3) is 3.45. The average Bonchev–Trinajstić information content (AvgIpc) is 3.09. The molecule has 128 valence electrons. The molecule has 2 aliphatic heterocycles. The first-order chi connectivity index (χ1) is 10.9. The summed E-state index contributed by atoms with van der Waals surface area (Å²) in [6, 6.07) is 3.60. The number of thiophene rings is 1. The molecule has 0 unspecified atom stereocenters. The Morgan fingerprint density at radius 3 is 2.70 bits per heavy atom. The van der Waals surface area contributed by atoms with Crippen LogP contribution in [0, 0.1) is 0 Å². The molecule has 0 radical (unpaired) electrons. The normalized spacial score (nSPS) is 27.1. The van der Waals surface area contributed by atoms with Gasteiger partial charge in [0.15, 0.2) is 9.84 Å². The molecule has 1 amide bonds. The Morgan fingerprint density at radius 1 is 1.26 bits per heavy atom. The molecule has 2 aliphatic rings. The number of likely N-dealkylation sites (N-methyl/N-ethyl adjacent to an activating group) is 1. The molecule has 2 saturated heterocycles. The highest BCUT2D eigenvalue weighted by Gasteiger charge is 2.47. The predicted octanol–water partition coefficient (Wildman–Crippen LogP) is 1.80. The summed E-state index contributed by atoms with van der Waals surface area (Å²) in [6.07, 6.45) is 0. The quantitative estimate of drug-likeness (QED) is 0.752. The highest BCUT2D eigenvalue weighted by atomic mass is 32.2. The lowest BCUT2D eigenvalue weighted by molar-refractivity contribution is 0.0353. The summed E-state index contributed by atoms with van der Waals surface area (Å²) in [6.45, 7) is 6.32. The lowest BCUT2D eigenvalue weighted by Crippen LogP contribution is -2.60. The Balaban J connectivity index is 1.82. The minimum absolute atomic E-state index is 0.0131. The number of hydrogen-bond donors (Lipinski definition) is 0. The van der Waals surface area contributed by atoms with Crippen molar-refractivity contribution in [1.82, 2.24) is 9.80 Å². The zero-order chi connectivity index (χ0) is 16.6. The predicted molar refractivity (Wildman–Crippen MR) is 95.2 cm³/mol. The van der Waals surface area contributed by atoms with Gasteiger partial charge in [0.1, 0.15) is 0 Å². The van der Waals surface area contributed by atoms with Gasteiger partial charge in [-0.25, -0.2) is 8.42 Å². The van der Waals surface area contributed by atoms with E-state index in [1.807, 2.05) is 19.1 Å². The van der Waals surface area contributed by atoms with Crippen molar-refractivity contribution in [3.05, 3.63) is 17.0 Å². The number of amides is 1. The second-order valence-corrected chi connectivity index (χ2v) is 10.7. The molecular weight excluding hydrogens is 352 g/mol. The second kappa shape index (κ2) is 6.74. The third-order valence-electron chi connectivity index (χ3n) is 4.54. The number of nitrogens with zero attached hydrogens (tertiary/aromatic N) is 2. The van der Waals surface area contributed by atoms with Gasteiger partial charge in [0.2, 0.25) is 0 Å². The van der Waals surface area contributed by atoms with Crippen molar-refractivity contribution in [1.29, 1.82) is 0 Å². The molecule has 23 heavy (non-hydrogen) atoms. The van der Waals surface area contributed by atoms with E-state index in [2.05, 4.69) is 11.8 Å². The molecule has 0 aliphatic carbocycles. The fraction of sp³-hybridized carbons (Fsp3) is 0.667. The minimum Gasteiger partial charge on any atom is -0.331 e. The molecule has 8 heteroatoms. The van der Waals surface area contributed by atoms with Crippen LogP contribution >= 0.6 is 23.1 Å². The van der Waals surface area contributed by atoms with E-state index in [4.69, 9.17) is 0 Å². The number of thioether (sulfide) groups is 1. The number of rotatable bonds is 4. The molecule has 1 aromatic heterocycles. The van der Waals surface area contributed by atoms with Gasteiger partial charge in [0.05, 0.1) is 26.6 Å². The molecular formula is C15H22N2O3S3. The molecule has 0 saturated carbocycles. The van der Waals surface area contributed by atoms with Crippen LogP contribution in [0.3, 0.4) is 0 Å². The Hall–Kier alpha value is -0.570. The van der Waals surface area contributed by atoms with Gasteiger partial charge < -0.3 is 4.90 Å². The van der Waals surface area contributed by atoms with Crippen LogP contribution in [0.1, 0.15) is 23.5 Å². The van der Waals surface area contributed by atoms with Crippen LogP contribution < -0.4 is 0 Å². The van der Waals surface area contributed by atoms with Crippen LogP contribution in [0.15, 0.2) is 16.3 Å². The van der Waals surface area contributed by atoms with Crippen molar-refractivity contribution >= 4 is 38.8 Å². The SMILES string of the molecule is CCSc1ccc(C(=O)N2CCN(CC)[C@H]3CS(=O)(=O)C[C@H]32)s1. The Labute approximate surface area is 146 Å². The fourth-order valence-electron chi connectivity index (χ4n) is 3.47. The van der Waals surface area contributed by atoms with Crippen LogP contribution in [0.4, 0.5) is 0 Å². The largest absolute Gasteiger partial charge is 0.331 e. The molecule has 5 nitrogen and oxygen atoms in total. The number of piperazine rings is 1. The summed E-state index contributed by atoms with van der Waals surface area (Å²) in [7, 11) is -3.06. The van der Waals surface area contributed by atoms with Gasteiger partial charge in [-0.2, -0.15) is 0 Å². The number of hydrogen-bond acceptors (Lipinski definition) is 6. The van der Waals surface area contributed by atoms with Crippen molar-refractivity contribution in [2.45, 2.75) is 30.1 Å². The molecule has 2 atom stereocenters. The van der Waals surface area contributed by atoms with Crippen molar-refractivity contribution < 1.29 is 13.2 Å². The smallest absolute Gasteiger partial charge is 0.264 e. The average molecular weight is 375 g/mol. The van der Waals surface area contributed by atoms with Gasteiger partial charge in [-0.15, -0.1) is 23.1 Å². The zero-order valence-corrected chi connectivity index (χ0v) is 15.8. The molecule has 0 spiro atoms. The van der Waals surface area contributed by atoms with Crippen LogP contribution in [0.25, 0.3) is 0 Å². The van der Waals surface area contributed by atoms with Gasteiger partial charge in [-0.3, -0.25) is 9.69 Å². The van der Waals surface area contributed by atoms with Gasteiger partial charge in [0, 0.05) is 19.1 Å². The highest BCUT2D eigenvalue weighted by Crippen LogP contribution is 2.31. The summed E-state index contributed by atoms with van der Waals surface area (Å²) in [5.41, 5.74) is 0. The Morgan fingerprint density at radius 2 is 2.00 bits per heavy atom. The first-order valence-electron chi connectivity index (χ1n) is 7.93. The summed E-state index contributed by atoms with van der Waals surface area (Å²) < 4.78 is 25.3. The Bertz CT molecular complexity index is 686. The first-order valence-corrected chi connectivity index (χ1v) is 11.6. The fourth-order valence-corrected chi connectivity index (χ4v) is 7.48. The number of sulfone groups is 1. The lowest BCUT2D eigenvalue weighted by Gasteiger charge is -2.43. The molecule has 1 aromatic rings. The summed E-state index contributed by atoms with van der Waals surface area (Å²) in [4.78, 5) is 17.6. The van der Waals surface area contributed by atoms with E-state index in [9.17, 15) is 13.2 Å². The summed E-state index contributed by atoms with van der Waals surface area (Å²) in [5, 5.41) is 0. The molecule has 0 bridgehead atoms. The summed E-state index contributed by atoms with van der Waals surface area (Å²) in [5.74, 6) is 1.24. The van der Waals surface area contributed by atoms with E-state index in [0.717, 1.165) is 23.1 Å². The van der Waals surface area contributed by atoms with E-state index in [-0.39, 0.29) is 29.5 Å². The van der Waals surface area contributed by atoms with Crippen molar-refractivity contribution in [2.24, 2.45) is 0 Å². The minimum atomic E-state index is -3.06. The van der Waals surface area contributed by atoms with Gasteiger partial charge in [-0.05, 0) is 24.4 Å². The molecule has 0 N–H and O–H groups in total. The van der Waals surface area contributed by atoms with E-state index in [1.165, 1.54) is 11.3 Å². The van der Waals surface area contributed by atoms with Crippen LogP contribution in [0.5, 0.6) is 0 Å². The van der Waals surface area contributed by atoms with Crippen LogP contribution in [0.2, 0.25) is 0 Å². The maximum absolute atomic E-state index is 12.9. The van der Waals surface area contributed by atoms with Crippen molar-refractivity contribution in [2.75, 3.05) is 36.9 Å². The number of carbonyl (C=O) groups is 1. The number of carbonyl (C=O) groups excluding carboxylic acids is 1. The van der Waals surface area contributed by atoms with E-state index < -0.39 is 9.84 Å². The van der Waals surface area contributed by atoms with Gasteiger partial charge in [-0.1, -0.05) is 13.8 Å².